The molecule has 1 N–H and O–H groups in total. The molecule has 6 heteroatoms. The molecule has 0 unspecified atom stereocenters. The summed E-state index contributed by atoms with van der Waals surface area (Å²) in [5.41, 5.74) is 1.31. The topological polar surface area (TPSA) is 72.2 Å². The molecule has 0 atom stereocenters. The largest absolute Gasteiger partial charge is 0.493 e. The highest BCUT2D eigenvalue weighted by molar-refractivity contribution is 7.99. The number of benzene rings is 1. The lowest BCUT2D eigenvalue weighted by Crippen LogP contribution is -2.21. The molecule has 1 aromatic heterocycles. The molecule has 5 nitrogen and oxygen atoms in total. The number of ketones is 1. The van der Waals surface area contributed by atoms with Crippen LogP contribution in [-0.2, 0) is 6.54 Å². The Morgan fingerprint density at radius 3 is 2.73 bits per heavy atom. The molecule has 114 valence electrons. The van der Waals surface area contributed by atoms with Crippen molar-refractivity contribution in [3.05, 3.63) is 64.5 Å². The van der Waals surface area contributed by atoms with Crippen molar-refractivity contribution in [2.24, 2.45) is 0 Å². The van der Waals surface area contributed by atoms with E-state index in [-0.39, 0.29) is 29.5 Å². The minimum atomic E-state index is -0.377. The van der Waals surface area contributed by atoms with Gasteiger partial charge in [0, 0.05) is 12.1 Å². The van der Waals surface area contributed by atoms with E-state index >= 15 is 0 Å². The van der Waals surface area contributed by atoms with Crippen LogP contribution in [0, 0.1) is 6.92 Å². The molecule has 0 saturated heterocycles. The molecule has 0 radical (unpaired) electrons. The minimum absolute atomic E-state index is 0.0623. The maximum absolute atomic E-state index is 12.1. The minimum Gasteiger partial charge on any atom is -0.493 e. The van der Waals surface area contributed by atoms with E-state index in [0.29, 0.717) is 10.7 Å². The molecule has 1 heterocycles. The van der Waals surface area contributed by atoms with Gasteiger partial charge in [-0.15, -0.1) is 6.58 Å². The molecule has 0 bridgehead atoms. The zero-order valence-corrected chi connectivity index (χ0v) is 13.0. The van der Waals surface area contributed by atoms with Crippen molar-refractivity contribution in [2.45, 2.75) is 18.6 Å². The summed E-state index contributed by atoms with van der Waals surface area (Å²) >= 11 is 1.12. The fourth-order valence-corrected chi connectivity index (χ4v) is 2.74. The zero-order valence-electron chi connectivity index (χ0n) is 12.2. The Bertz CT molecular complexity index is 751. The number of thioether (sulfide) groups is 1. The predicted octanol–water partition coefficient (Wildman–Crippen LogP) is 2.42. The zero-order chi connectivity index (χ0) is 16.1. The van der Waals surface area contributed by atoms with Gasteiger partial charge in [0.2, 0.25) is 5.88 Å². The Morgan fingerprint density at radius 2 is 2.09 bits per heavy atom. The third-order valence-electron chi connectivity index (χ3n) is 2.98. The van der Waals surface area contributed by atoms with Gasteiger partial charge < -0.3 is 5.11 Å². The molecule has 22 heavy (non-hydrogen) atoms. The van der Waals surface area contributed by atoms with Gasteiger partial charge in [-0.1, -0.05) is 47.7 Å². The molecule has 0 spiro atoms. The molecule has 0 fully saturated rings. The lowest BCUT2D eigenvalue weighted by Gasteiger charge is -2.09. The van der Waals surface area contributed by atoms with Gasteiger partial charge in [-0.3, -0.25) is 14.2 Å². The van der Waals surface area contributed by atoms with E-state index in [1.54, 1.807) is 18.2 Å². The Morgan fingerprint density at radius 1 is 1.41 bits per heavy atom. The average molecular weight is 316 g/mol. The van der Waals surface area contributed by atoms with Crippen LogP contribution < -0.4 is 5.56 Å². The van der Waals surface area contributed by atoms with Crippen molar-refractivity contribution in [3.8, 4) is 5.88 Å². The molecule has 1 aromatic carbocycles. The first-order chi connectivity index (χ1) is 10.5. The molecule has 0 amide bonds. The molecular formula is C16H16N2O3S. The van der Waals surface area contributed by atoms with Crippen molar-refractivity contribution in [3.63, 3.8) is 0 Å². The highest BCUT2D eigenvalue weighted by Gasteiger charge is 2.12. The Labute approximate surface area is 132 Å². The lowest BCUT2D eigenvalue weighted by molar-refractivity contribution is 0.102. The van der Waals surface area contributed by atoms with E-state index in [9.17, 15) is 14.7 Å². The van der Waals surface area contributed by atoms with Crippen molar-refractivity contribution >= 4 is 17.5 Å². The van der Waals surface area contributed by atoms with Crippen LogP contribution in [0.5, 0.6) is 5.88 Å². The Kier molecular flexibility index (Phi) is 5.16. The second kappa shape index (κ2) is 7.09. The maximum Gasteiger partial charge on any atom is 0.258 e. The fraction of sp³-hybridized carbons (Fsp3) is 0.188. The van der Waals surface area contributed by atoms with Gasteiger partial charge >= 0.3 is 0 Å². The monoisotopic (exact) mass is 316 g/mol. The first-order valence-electron chi connectivity index (χ1n) is 6.65. The molecule has 0 saturated carbocycles. The first-order valence-corrected chi connectivity index (χ1v) is 7.64. The van der Waals surface area contributed by atoms with E-state index in [1.165, 1.54) is 4.57 Å². The van der Waals surface area contributed by atoms with Gasteiger partial charge in [-0.2, -0.15) is 4.98 Å². The summed E-state index contributed by atoms with van der Waals surface area (Å²) in [4.78, 5) is 27.9. The number of aromatic nitrogens is 2. The Balaban J connectivity index is 2.17. The lowest BCUT2D eigenvalue weighted by atomic mass is 10.1. The smallest absolute Gasteiger partial charge is 0.258 e. The quantitative estimate of drug-likeness (QED) is 0.383. The number of aryl methyl sites for hydroxylation is 1. The van der Waals surface area contributed by atoms with Crippen LogP contribution in [0.3, 0.4) is 0 Å². The standard InChI is InChI=1S/C16H16N2O3S/c1-3-8-18-15(21)9-14(20)17-16(18)22-10-13(19)12-6-4-11(2)5-7-12/h3-7,9,20H,1,8,10H2,2H3. The van der Waals surface area contributed by atoms with Crippen LogP contribution in [0.1, 0.15) is 15.9 Å². The fourth-order valence-electron chi connectivity index (χ4n) is 1.83. The number of hydrogen-bond acceptors (Lipinski definition) is 5. The first kappa shape index (κ1) is 16.0. The SMILES string of the molecule is C=CCn1c(SCC(=O)c2ccc(C)cc2)nc(O)cc1=O. The van der Waals surface area contributed by atoms with E-state index in [4.69, 9.17) is 0 Å². The number of Topliss-reactive ketones (excluding diaryl/α,β-unsaturated/α-hetero) is 1. The van der Waals surface area contributed by atoms with Gasteiger partial charge in [-0.05, 0) is 6.92 Å². The van der Waals surface area contributed by atoms with Crippen LogP contribution in [0.4, 0.5) is 0 Å². The van der Waals surface area contributed by atoms with Crippen LogP contribution in [0.2, 0.25) is 0 Å². The van der Waals surface area contributed by atoms with Crippen molar-refractivity contribution in [2.75, 3.05) is 5.75 Å². The molecule has 0 aliphatic heterocycles. The number of hydrogen-bond donors (Lipinski definition) is 1. The summed E-state index contributed by atoms with van der Waals surface area (Å²) in [6.07, 6.45) is 1.56. The van der Waals surface area contributed by atoms with Gasteiger partial charge in [0.15, 0.2) is 10.9 Å². The van der Waals surface area contributed by atoms with E-state index in [1.807, 2.05) is 19.1 Å². The summed E-state index contributed by atoms with van der Waals surface area (Å²) in [6, 6.07) is 8.32. The number of allylic oxidation sites excluding steroid dienone is 1. The van der Waals surface area contributed by atoms with Gasteiger partial charge in [-0.25, -0.2) is 0 Å². The molecule has 2 rings (SSSR count). The molecule has 2 aromatic rings. The van der Waals surface area contributed by atoms with E-state index in [2.05, 4.69) is 11.6 Å². The van der Waals surface area contributed by atoms with Crippen molar-refractivity contribution in [1.29, 1.82) is 0 Å². The number of rotatable bonds is 6. The second-order valence-electron chi connectivity index (χ2n) is 4.71. The third kappa shape index (κ3) is 3.85. The third-order valence-corrected chi connectivity index (χ3v) is 3.95. The average Bonchev–Trinajstić information content (AvgIpc) is 2.48. The molecular weight excluding hydrogens is 300 g/mol. The van der Waals surface area contributed by atoms with Crippen LogP contribution in [0.25, 0.3) is 0 Å². The van der Waals surface area contributed by atoms with Gasteiger partial charge in [0.25, 0.3) is 5.56 Å². The summed E-state index contributed by atoms with van der Waals surface area (Å²) in [7, 11) is 0. The molecule has 0 aliphatic rings. The summed E-state index contributed by atoms with van der Waals surface area (Å²) in [6.45, 7) is 5.81. The van der Waals surface area contributed by atoms with E-state index in [0.717, 1.165) is 23.4 Å². The van der Waals surface area contributed by atoms with Gasteiger partial charge in [0.1, 0.15) is 0 Å². The number of carbonyl (C=O) groups is 1. The second-order valence-corrected chi connectivity index (χ2v) is 5.65. The van der Waals surface area contributed by atoms with Gasteiger partial charge in [0.05, 0.1) is 11.8 Å². The summed E-state index contributed by atoms with van der Waals surface area (Å²) in [5.74, 6) is -0.279. The van der Waals surface area contributed by atoms with E-state index < -0.39 is 0 Å². The van der Waals surface area contributed by atoms with Crippen LogP contribution in [-0.4, -0.2) is 26.2 Å². The summed E-state index contributed by atoms with van der Waals surface area (Å²) < 4.78 is 1.36. The highest BCUT2D eigenvalue weighted by atomic mass is 32.2. The van der Waals surface area contributed by atoms with Crippen LogP contribution in [0.15, 0.2) is 52.9 Å². The van der Waals surface area contributed by atoms with Crippen molar-refractivity contribution < 1.29 is 9.90 Å². The number of aromatic hydroxyl groups is 1. The number of carbonyl (C=O) groups excluding carboxylic acids is 1. The van der Waals surface area contributed by atoms with Crippen LogP contribution >= 0.6 is 11.8 Å². The normalized spacial score (nSPS) is 10.4. The Hall–Kier alpha value is -2.34. The number of nitrogens with zero attached hydrogens (tertiary/aromatic N) is 2. The highest BCUT2D eigenvalue weighted by Crippen LogP contribution is 2.18. The summed E-state index contributed by atoms with van der Waals surface area (Å²) in [5, 5.41) is 9.75. The molecule has 0 aliphatic carbocycles. The predicted molar refractivity (Wildman–Crippen MR) is 86.6 cm³/mol. The maximum atomic E-state index is 12.1. The van der Waals surface area contributed by atoms with Crippen molar-refractivity contribution in [1.82, 2.24) is 9.55 Å².